The molecule has 13 nitrogen and oxygen atoms in total. The van der Waals surface area contributed by atoms with E-state index in [0.29, 0.717) is 12.8 Å². The first-order valence-corrected chi connectivity index (χ1v) is 20.8. The second-order valence-corrected chi connectivity index (χ2v) is 14.8. The summed E-state index contributed by atoms with van der Waals surface area (Å²) in [5.74, 6) is -1.13. The Kier molecular flexibility index (Phi) is 27.2. The van der Waals surface area contributed by atoms with Crippen LogP contribution in [0.5, 0.6) is 0 Å². The molecule has 0 saturated heterocycles. The Labute approximate surface area is 310 Å². The van der Waals surface area contributed by atoms with Crippen molar-refractivity contribution in [1.82, 2.24) is 0 Å². The standard InChI is InChI=1S/C38H67O13P/c1-3-5-7-9-11-13-15-16-17-19-21-23-25-27-32(40)50-30(28-48-31(39)26-24-22-20-18-14-12-10-8-6-4-2)29-49-52(46,47)51-38-36(44)34(42)33(41)35(43)37(38)45/h7-10,13,15,30,33-38,41-45H,3-6,11-12,14,16-29H2,1-2H3,(H,46,47)/b9-7-,10-8-,15-13-. The first kappa shape index (κ1) is 48.1. The van der Waals surface area contributed by atoms with Crippen LogP contribution in [0.3, 0.4) is 0 Å². The fourth-order valence-electron chi connectivity index (χ4n) is 5.50. The lowest BCUT2D eigenvalue weighted by Crippen LogP contribution is -2.64. The zero-order valence-corrected chi connectivity index (χ0v) is 32.2. The van der Waals surface area contributed by atoms with Gasteiger partial charge >= 0.3 is 19.8 Å². The Morgan fingerprint density at radius 1 is 0.596 bits per heavy atom. The molecular formula is C38H67O13P. The van der Waals surface area contributed by atoms with Gasteiger partial charge in [-0.05, 0) is 57.8 Å². The minimum Gasteiger partial charge on any atom is -0.462 e. The SMILES string of the molecule is CCC/C=C\C/C=C\CCCCCCCC(=O)OC(COC(=O)CCCCCCC/C=C\CCC)COP(=O)(O)OC1C(O)C(O)C(O)C(O)C1O. The number of hydrogen-bond donors (Lipinski definition) is 6. The number of phosphoric ester groups is 1. The van der Waals surface area contributed by atoms with Gasteiger partial charge in [-0.25, -0.2) is 4.57 Å². The smallest absolute Gasteiger partial charge is 0.462 e. The molecule has 1 rings (SSSR count). The predicted octanol–water partition coefficient (Wildman–Crippen LogP) is 5.88. The summed E-state index contributed by atoms with van der Waals surface area (Å²) in [5, 5.41) is 49.9. The third-order valence-corrected chi connectivity index (χ3v) is 9.65. The molecule has 6 unspecified atom stereocenters. The molecule has 1 fully saturated rings. The molecule has 302 valence electrons. The van der Waals surface area contributed by atoms with Crippen molar-refractivity contribution in [3.05, 3.63) is 36.5 Å². The van der Waals surface area contributed by atoms with Gasteiger partial charge in [-0.2, -0.15) is 0 Å². The largest absolute Gasteiger partial charge is 0.472 e. The van der Waals surface area contributed by atoms with Crippen molar-refractivity contribution in [2.24, 2.45) is 0 Å². The van der Waals surface area contributed by atoms with Gasteiger partial charge in [0.25, 0.3) is 0 Å². The summed E-state index contributed by atoms with van der Waals surface area (Å²) in [6, 6.07) is 0. The van der Waals surface area contributed by atoms with Gasteiger partial charge in [-0.3, -0.25) is 18.6 Å². The fraction of sp³-hybridized carbons (Fsp3) is 0.789. The Bertz CT molecular complexity index is 1070. The van der Waals surface area contributed by atoms with Crippen LogP contribution in [0.15, 0.2) is 36.5 Å². The van der Waals surface area contributed by atoms with Crippen LogP contribution >= 0.6 is 7.82 Å². The number of aliphatic hydroxyl groups is 5. The van der Waals surface area contributed by atoms with Crippen molar-refractivity contribution in [1.29, 1.82) is 0 Å². The molecular weight excluding hydrogens is 695 g/mol. The number of carbonyl (C=O) groups is 2. The van der Waals surface area contributed by atoms with Crippen LogP contribution in [0.25, 0.3) is 0 Å². The van der Waals surface area contributed by atoms with Crippen molar-refractivity contribution in [3.8, 4) is 0 Å². The molecule has 0 aliphatic heterocycles. The Hall–Kier alpha value is -1.93. The zero-order valence-electron chi connectivity index (χ0n) is 31.3. The minimum absolute atomic E-state index is 0.0781. The normalized spacial score (nSPS) is 24.1. The summed E-state index contributed by atoms with van der Waals surface area (Å²) >= 11 is 0. The van der Waals surface area contributed by atoms with Gasteiger partial charge in [0.1, 0.15) is 43.2 Å². The highest BCUT2D eigenvalue weighted by Gasteiger charge is 2.51. The number of ether oxygens (including phenoxy) is 2. The summed E-state index contributed by atoms with van der Waals surface area (Å²) in [4.78, 5) is 35.4. The van der Waals surface area contributed by atoms with Gasteiger partial charge in [0, 0.05) is 12.8 Å². The fourth-order valence-corrected chi connectivity index (χ4v) is 6.47. The first-order valence-electron chi connectivity index (χ1n) is 19.3. The van der Waals surface area contributed by atoms with E-state index < -0.39 is 75.7 Å². The third-order valence-electron chi connectivity index (χ3n) is 8.67. The van der Waals surface area contributed by atoms with E-state index in [0.717, 1.165) is 96.3 Å². The van der Waals surface area contributed by atoms with Crippen molar-refractivity contribution >= 4 is 19.8 Å². The average Bonchev–Trinajstić information content (AvgIpc) is 3.12. The van der Waals surface area contributed by atoms with E-state index in [1.807, 2.05) is 0 Å². The van der Waals surface area contributed by atoms with E-state index in [9.17, 15) is 44.6 Å². The predicted molar refractivity (Wildman–Crippen MR) is 198 cm³/mol. The van der Waals surface area contributed by atoms with Gasteiger partial charge in [-0.15, -0.1) is 0 Å². The molecule has 52 heavy (non-hydrogen) atoms. The molecule has 0 aromatic rings. The lowest BCUT2D eigenvalue weighted by atomic mass is 9.85. The Morgan fingerprint density at radius 3 is 1.60 bits per heavy atom. The van der Waals surface area contributed by atoms with Crippen molar-refractivity contribution in [3.63, 3.8) is 0 Å². The first-order chi connectivity index (χ1) is 24.9. The lowest BCUT2D eigenvalue weighted by molar-refractivity contribution is -0.220. The molecule has 0 radical (unpaired) electrons. The number of phosphoric acid groups is 1. The molecule has 1 aliphatic rings. The van der Waals surface area contributed by atoms with Crippen molar-refractivity contribution < 1.29 is 63.1 Å². The summed E-state index contributed by atoms with van der Waals surface area (Å²) in [6.45, 7) is 3.10. The van der Waals surface area contributed by atoms with Crippen molar-refractivity contribution in [2.45, 2.75) is 179 Å². The quantitative estimate of drug-likeness (QED) is 0.0219. The highest BCUT2D eigenvalue weighted by Crippen LogP contribution is 2.47. The third kappa shape index (κ3) is 22.3. The van der Waals surface area contributed by atoms with Gasteiger partial charge < -0.3 is 39.9 Å². The van der Waals surface area contributed by atoms with E-state index in [-0.39, 0.29) is 12.8 Å². The van der Waals surface area contributed by atoms with E-state index in [1.54, 1.807) is 0 Å². The zero-order chi connectivity index (χ0) is 38.6. The number of allylic oxidation sites excluding steroid dienone is 6. The number of rotatable bonds is 30. The van der Waals surface area contributed by atoms with Gasteiger partial charge in [-0.1, -0.05) is 102 Å². The number of aliphatic hydroxyl groups excluding tert-OH is 5. The maximum absolute atomic E-state index is 12.7. The molecule has 0 spiro atoms. The maximum Gasteiger partial charge on any atom is 0.472 e. The Balaban J connectivity index is 2.57. The molecule has 0 heterocycles. The molecule has 6 atom stereocenters. The minimum atomic E-state index is -5.11. The van der Waals surface area contributed by atoms with Crippen molar-refractivity contribution in [2.75, 3.05) is 13.2 Å². The van der Waals surface area contributed by atoms with Crippen LogP contribution in [-0.2, 0) is 32.7 Å². The van der Waals surface area contributed by atoms with Gasteiger partial charge in [0.15, 0.2) is 6.10 Å². The highest BCUT2D eigenvalue weighted by molar-refractivity contribution is 7.47. The van der Waals surface area contributed by atoms with Crippen LogP contribution < -0.4 is 0 Å². The number of unbranched alkanes of at least 4 members (excludes halogenated alkanes) is 12. The Morgan fingerprint density at radius 2 is 1.04 bits per heavy atom. The number of carbonyl (C=O) groups excluding carboxylic acids is 2. The van der Waals surface area contributed by atoms with E-state index in [4.69, 9.17) is 18.5 Å². The van der Waals surface area contributed by atoms with Crippen LogP contribution in [0.2, 0.25) is 0 Å². The summed E-state index contributed by atoms with van der Waals surface area (Å²) < 4.78 is 33.3. The maximum atomic E-state index is 12.7. The van der Waals surface area contributed by atoms with E-state index >= 15 is 0 Å². The second-order valence-electron chi connectivity index (χ2n) is 13.4. The van der Waals surface area contributed by atoms with Crippen LogP contribution in [-0.4, -0.2) is 98.3 Å². The topological polar surface area (TPSA) is 210 Å². The molecule has 0 aromatic carbocycles. The molecule has 0 aromatic heterocycles. The number of hydrogen-bond acceptors (Lipinski definition) is 12. The lowest BCUT2D eigenvalue weighted by Gasteiger charge is -2.41. The molecule has 1 aliphatic carbocycles. The van der Waals surface area contributed by atoms with Gasteiger partial charge in [0.2, 0.25) is 0 Å². The van der Waals surface area contributed by atoms with Crippen LogP contribution in [0.4, 0.5) is 0 Å². The highest BCUT2D eigenvalue weighted by atomic mass is 31.2. The number of esters is 2. The molecule has 0 bridgehead atoms. The van der Waals surface area contributed by atoms with Gasteiger partial charge in [0.05, 0.1) is 6.61 Å². The van der Waals surface area contributed by atoms with E-state index in [2.05, 4.69) is 50.3 Å². The monoisotopic (exact) mass is 762 g/mol. The molecule has 0 amide bonds. The second kappa shape index (κ2) is 29.4. The summed E-state index contributed by atoms with van der Waals surface area (Å²) in [5.41, 5.74) is 0. The average molecular weight is 763 g/mol. The van der Waals surface area contributed by atoms with E-state index in [1.165, 1.54) is 0 Å². The van der Waals surface area contributed by atoms with Crippen LogP contribution in [0, 0.1) is 0 Å². The summed E-state index contributed by atoms with van der Waals surface area (Å²) in [6.07, 6.45) is 16.6. The molecule has 6 N–H and O–H groups in total. The summed E-state index contributed by atoms with van der Waals surface area (Å²) in [7, 11) is -5.11. The van der Waals surface area contributed by atoms with Crippen LogP contribution in [0.1, 0.15) is 136 Å². The molecule has 1 saturated carbocycles. The molecule has 14 heteroatoms.